The summed E-state index contributed by atoms with van der Waals surface area (Å²) in [6, 6.07) is 9.45. The molecular formula is C16H19N3O3S. The quantitative estimate of drug-likeness (QED) is 0.831. The molecule has 0 saturated carbocycles. The van der Waals surface area contributed by atoms with Crippen LogP contribution in [0.25, 0.3) is 11.4 Å². The zero-order valence-electron chi connectivity index (χ0n) is 12.9. The molecule has 1 aromatic heterocycles. The Bertz CT molecular complexity index is 744. The van der Waals surface area contributed by atoms with Crippen molar-refractivity contribution < 1.29 is 13.2 Å². The van der Waals surface area contributed by atoms with E-state index in [0.29, 0.717) is 17.9 Å². The molecule has 7 heteroatoms. The van der Waals surface area contributed by atoms with Crippen molar-refractivity contribution in [1.82, 2.24) is 15.3 Å². The van der Waals surface area contributed by atoms with Crippen molar-refractivity contribution in [2.45, 2.75) is 19.1 Å². The number of carbonyl (C=O) groups is 1. The molecule has 0 saturated heterocycles. The molecule has 0 fully saturated rings. The van der Waals surface area contributed by atoms with E-state index in [0.717, 1.165) is 5.56 Å². The lowest BCUT2D eigenvalue weighted by Crippen LogP contribution is -2.25. The number of nitrogens with zero attached hydrogens (tertiary/aromatic N) is 2. The number of hydrogen-bond donors (Lipinski definition) is 1. The van der Waals surface area contributed by atoms with Crippen molar-refractivity contribution in [3.8, 4) is 11.4 Å². The first-order valence-electron chi connectivity index (χ1n) is 7.33. The second kappa shape index (κ2) is 7.82. The third-order valence-electron chi connectivity index (χ3n) is 3.14. The lowest BCUT2D eigenvalue weighted by Gasteiger charge is -2.05. The van der Waals surface area contributed by atoms with Gasteiger partial charge in [0.2, 0.25) is 5.91 Å². The number of aromatic nitrogens is 2. The van der Waals surface area contributed by atoms with E-state index in [1.165, 1.54) is 12.4 Å². The number of nitrogens with one attached hydrogen (secondary N) is 1. The Balaban J connectivity index is 1.99. The summed E-state index contributed by atoms with van der Waals surface area (Å²) < 4.78 is 24.1. The molecule has 1 amide bonds. The number of sulfone groups is 1. The monoisotopic (exact) mass is 333 g/mol. The van der Waals surface area contributed by atoms with Gasteiger partial charge in [0.15, 0.2) is 15.7 Å². The van der Waals surface area contributed by atoms with Crippen LogP contribution in [0.15, 0.2) is 42.7 Å². The average Bonchev–Trinajstić information content (AvgIpc) is 2.55. The van der Waals surface area contributed by atoms with Gasteiger partial charge in [-0.05, 0) is 6.92 Å². The highest BCUT2D eigenvalue weighted by molar-refractivity contribution is 7.90. The van der Waals surface area contributed by atoms with Gasteiger partial charge in [-0.3, -0.25) is 4.79 Å². The molecule has 1 N–H and O–H groups in total. The molecular weight excluding hydrogens is 314 g/mol. The number of amides is 1. The Morgan fingerprint density at radius 2 is 1.78 bits per heavy atom. The standard InChI is InChI=1S/C16H19N3O3S/c1-2-17-15(20)8-9-23(21,22)12-13-10-18-16(19-11-13)14-6-4-3-5-7-14/h3-7,10-11H,2,8-9,12H2,1H3,(H,17,20). The highest BCUT2D eigenvalue weighted by Gasteiger charge is 2.15. The Kier molecular flexibility index (Phi) is 5.81. The average molecular weight is 333 g/mol. The van der Waals surface area contributed by atoms with Gasteiger partial charge in [0.25, 0.3) is 0 Å². The normalized spacial score (nSPS) is 11.2. The minimum Gasteiger partial charge on any atom is -0.356 e. The van der Waals surface area contributed by atoms with Gasteiger partial charge in [-0.25, -0.2) is 18.4 Å². The predicted octanol–water partition coefficient (Wildman–Crippen LogP) is 1.58. The number of carbonyl (C=O) groups excluding carboxylic acids is 1. The van der Waals surface area contributed by atoms with Gasteiger partial charge in [0, 0.05) is 36.5 Å². The highest BCUT2D eigenvalue weighted by atomic mass is 32.2. The second-order valence-corrected chi connectivity index (χ2v) is 7.26. The first kappa shape index (κ1) is 17.1. The van der Waals surface area contributed by atoms with Crippen LogP contribution < -0.4 is 5.32 Å². The van der Waals surface area contributed by atoms with Crippen LogP contribution in [-0.4, -0.2) is 36.6 Å². The fraction of sp³-hybridized carbons (Fsp3) is 0.312. The van der Waals surface area contributed by atoms with Crippen molar-refractivity contribution in [3.05, 3.63) is 48.3 Å². The maximum atomic E-state index is 12.0. The summed E-state index contributed by atoms with van der Waals surface area (Å²) in [4.78, 5) is 19.7. The Hall–Kier alpha value is -2.28. The minimum atomic E-state index is -3.37. The Labute approximate surface area is 135 Å². The predicted molar refractivity (Wildman–Crippen MR) is 88.3 cm³/mol. The van der Waals surface area contributed by atoms with Crippen molar-refractivity contribution in [2.24, 2.45) is 0 Å². The van der Waals surface area contributed by atoms with Crippen LogP contribution in [-0.2, 0) is 20.4 Å². The van der Waals surface area contributed by atoms with Crippen molar-refractivity contribution >= 4 is 15.7 Å². The van der Waals surface area contributed by atoms with Gasteiger partial charge in [0.05, 0.1) is 11.5 Å². The molecule has 23 heavy (non-hydrogen) atoms. The number of rotatable bonds is 7. The van der Waals surface area contributed by atoms with Gasteiger partial charge < -0.3 is 5.32 Å². The summed E-state index contributed by atoms with van der Waals surface area (Å²) in [5.74, 6) is -0.0541. The second-order valence-electron chi connectivity index (χ2n) is 5.08. The fourth-order valence-corrected chi connectivity index (χ4v) is 3.32. The van der Waals surface area contributed by atoms with Gasteiger partial charge >= 0.3 is 0 Å². The van der Waals surface area contributed by atoms with E-state index >= 15 is 0 Å². The highest BCUT2D eigenvalue weighted by Crippen LogP contribution is 2.14. The fourth-order valence-electron chi connectivity index (χ4n) is 2.03. The van der Waals surface area contributed by atoms with Crippen molar-refractivity contribution in [2.75, 3.05) is 12.3 Å². The molecule has 122 valence electrons. The van der Waals surface area contributed by atoms with E-state index < -0.39 is 9.84 Å². The van der Waals surface area contributed by atoms with E-state index in [4.69, 9.17) is 0 Å². The molecule has 2 aromatic rings. The van der Waals surface area contributed by atoms with Crippen LogP contribution in [0.3, 0.4) is 0 Å². The molecule has 2 rings (SSSR count). The Morgan fingerprint density at radius 1 is 1.13 bits per heavy atom. The van der Waals surface area contributed by atoms with Crippen molar-refractivity contribution in [1.29, 1.82) is 0 Å². The summed E-state index contributed by atoms with van der Waals surface area (Å²) in [5.41, 5.74) is 1.39. The van der Waals surface area contributed by atoms with Crippen LogP contribution in [0, 0.1) is 0 Å². The molecule has 0 spiro atoms. The van der Waals surface area contributed by atoms with Crippen LogP contribution in [0.1, 0.15) is 18.9 Å². The van der Waals surface area contributed by atoms with E-state index in [-0.39, 0.29) is 23.8 Å². The first-order chi connectivity index (χ1) is 11.0. The molecule has 1 aromatic carbocycles. The molecule has 0 aliphatic rings. The minimum absolute atomic E-state index is 0.0286. The van der Waals surface area contributed by atoms with Crippen LogP contribution >= 0.6 is 0 Å². The molecule has 1 heterocycles. The van der Waals surface area contributed by atoms with Crippen LogP contribution in [0.5, 0.6) is 0 Å². The lowest BCUT2D eigenvalue weighted by atomic mass is 10.2. The zero-order valence-corrected chi connectivity index (χ0v) is 13.7. The van der Waals surface area contributed by atoms with E-state index in [1.807, 2.05) is 30.3 Å². The Morgan fingerprint density at radius 3 is 2.39 bits per heavy atom. The SMILES string of the molecule is CCNC(=O)CCS(=O)(=O)Cc1cnc(-c2ccccc2)nc1. The number of benzene rings is 1. The largest absolute Gasteiger partial charge is 0.356 e. The molecule has 0 aliphatic heterocycles. The molecule has 0 atom stereocenters. The van der Waals surface area contributed by atoms with Gasteiger partial charge in [0.1, 0.15) is 0 Å². The maximum absolute atomic E-state index is 12.0. The zero-order chi connectivity index (χ0) is 16.7. The summed E-state index contributed by atoms with van der Waals surface area (Å²) in [7, 11) is -3.37. The van der Waals surface area contributed by atoms with Crippen LogP contribution in [0.4, 0.5) is 0 Å². The van der Waals surface area contributed by atoms with E-state index in [1.54, 1.807) is 6.92 Å². The summed E-state index contributed by atoms with van der Waals surface area (Å²) in [5, 5.41) is 2.58. The molecule has 0 unspecified atom stereocenters. The van der Waals surface area contributed by atoms with Gasteiger partial charge in [-0.1, -0.05) is 30.3 Å². The molecule has 0 aliphatic carbocycles. The molecule has 0 bridgehead atoms. The summed E-state index contributed by atoms with van der Waals surface area (Å²) in [6.45, 7) is 2.28. The maximum Gasteiger partial charge on any atom is 0.221 e. The number of hydrogen-bond acceptors (Lipinski definition) is 5. The topological polar surface area (TPSA) is 89.0 Å². The van der Waals surface area contributed by atoms with E-state index in [2.05, 4.69) is 15.3 Å². The van der Waals surface area contributed by atoms with Crippen molar-refractivity contribution in [3.63, 3.8) is 0 Å². The van der Waals surface area contributed by atoms with E-state index in [9.17, 15) is 13.2 Å². The first-order valence-corrected chi connectivity index (χ1v) is 9.16. The van der Waals surface area contributed by atoms with Gasteiger partial charge in [-0.15, -0.1) is 0 Å². The van der Waals surface area contributed by atoms with Crippen LogP contribution in [0.2, 0.25) is 0 Å². The summed E-state index contributed by atoms with van der Waals surface area (Å²) >= 11 is 0. The lowest BCUT2D eigenvalue weighted by molar-refractivity contribution is -0.120. The molecule has 6 nitrogen and oxygen atoms in total. The van der Waals surface area contributed by atoms with Gasteiger partial charge in [-0.2, -0.15) is 0 Å². The third-order valence-corrected chi connectivity index (χ3v) is 4.74. The third kappa shape index (κ3) is 5.45. The smallest absolute Gasteiger partial charge is 0.221 e. The molecule has 0 radical (unpaired) electrons. The summed E-state index contributed by atoms with van der Waals surface area (Å²) in [6.07, 6.45) is 3.00.